The Kier molecular flexibility index (Phi) is 11.1. The minimum atomic E-state index is -0.639. The maximum atomic E-state index is 2.53. The maximum absolute atomic E-state index is 2.53. The Hall–Kier alpha value is -9.36. The van der Waals surface area contributed by atoms with Crippen molar-refractivity contribution in [1.82, 2.24) is 0 Å². The minimum Gasteiger partial charge on any atom is -0.0614 e. The topological polar surface area (TPSA) is 0 Å². The molecule has 0 radical (unpaired) electrons. The first kappa shape index (κ1) is 46.2. The Balaban J connectivity index is 0.980. The van der Waals surface area contributed by atoms with Gasteiger partial charge in [0, 0.05) is 0 Å². The van der Waals surface area contributed by atoms with Crippen molar-refractivity contribution in [2.75, 3.05) is 0 Å². The SMILES string of the molecule is Cc1cccc(-c2ccc(-c3ccc4c(c3)C3(c5cc(-c6ccc(-c7cccc(C)c7)cc6)ccc5-4)c4cc(-c5ccc(-c6cccc(C)c6)cc5)ccc4-c4ccc(-c5ccc(-c6cccc(C)c6)cc5)cc43)cc2)c1. The van der Waals surface area contributed by atoms with Gasteiger partial charge in [-0.1, -0.05) is 265 Å². The van der Waals surface area contributed by atoms with Crippen molar-refractivity contribution in [2.45, 2.75) is 33.1 Å². The molecule has 0 atom stereocenters. The molecule has 0 heterocycles. The molecule has 364 valence electrons. The van der Waals surface area contributed by atoms with Gasteiger partial charge in [0.25, 0.3) is 0 Å². The fourth-order valence-corrected chi connectivity index (χ4v) is 12.7. The van der Waals surface area contributed by atoms with Gasteiger partial charge in [0.15, 0.2) is 0 Å². The molecule has 12 aromatic rings. The van der Waals surface area contributed by atoms with Gasteiger partial charge in [-0.2, -0.15) is 0 Å². The van der Waals surface area contributed by atoms with Gasteiger partial charge in [0.05, 0.1) is 5.41 Å². The molecule has 14 rings (SSSR count). The highest BCUT2D eigenvalue weighted by Gasteiger charge is 2.52. The summed E-state index contributed by atoms with van der Waals surface area (Å²) < 4.78 is 0. The molecule has 1 spiro atoms. The number of rotatable bonds is 8. The first-order valence-electron chi connectivity index (χ1n) is 27.0. The van der Waals surface area contributed by atoms with Gasteiger partial charge >= 0.3 is 0 Å². The zero-order valence-corrected chi connectivity index (χ0v) is 43.9. The normalized spacial score (nSPS) is 12.5. The maximum Gasteiger partial charge on any atom is 0.0726 e. The Bertz CT molecular complexity index is 3700. The van der Waals surface area contributed by atoms with E-state index in [0.717, 1.165) is 0 Å². The third-order valence-electron chi connectivity index (χ3n) is 16.6. The molecule has 0 bridgehead atoms. The minimum absolute atomic E-state index is 0.639. The van der Waals surface area contributed by atoms with Crippen molar-refractivity contribution >= 4 is 0 Å². The summed E-state index contributed by atoms with van der Waals surface area (Å²) in [6.45, 7) is 8.66. The number of hydrogen-bond donors (Lipinski definition) is 0. The molecule has 0 unspecified atom stereocenters. The molecule has 77 heavy (non-hydrogen) atoms. The standard InChI is InChI=1S/C77H56/c1-49-9-5-13-61(41-49)53-17-25-57(26-18-53)65-33-37-69-70-38-34-66(58-27-19-54(20-28-58)62-14-6-10-50(2)42-62)46-74(70)77(73(69)45-65)75-47-67(59-29-21-55(22-30-59)63-15-7-11-51(3)43-63)35-39-71(75)72-40-36-68(48-76(72)77)60-31-23-56(24-32-60)64-16-8-12-52(4)44-64/h5-48H,1-4H3. The van der Waals surface area contributed by atoms with Crippen molar-refractivity contribution in [3.8, 4) is 111 Å². The van der Waals surface area contributed by atoms with Gasteiger partial charge in [-0.05, 0) is 185 Å². The highest BCUT2D eigenvalue weighted by molar-refractivity contribution is 5.99. The molecule has 0 nitrogen and oxygen atoms in total. The van der Waals surface area contributed by atoms with E-state index in [1.807, 2.05) is 0 Å². The lowest BCUT2D eigenvalue weighted by Gasteiger charge is -2.32. The van der Waals surface area contributed by atoms with E-state index in [1.165, 1.54) is 156 Å². The molecule has 0 N–H and O–H groups in total. The average Bonchev–Trinajstić information content (AvgIpc) is 4.08. The highest BCUT2D eigenvalue weighted by atomic mass is 14.5. The summed E-state index contributed by atoms with van der Waals surface area (Å²) in [6, 6.07) is 101. The lowest BCUT2D eigenvalue weighted by molar-refractivity contribution is 0.795. The zero-order valence-electron chi connectivity index (χ0n) is 43.9. The zero-order chi connectivity index (χ0) is 51.8. The van der Waals surface area contributed by atoms with Crippen LogP contribution in [0.4, 0.5) is 0 Å². The van der Waals surface area contributed by atoms with Crippen LogP contribution in [0.5, 0.6) is 0 Å². The number of benzene rings is 12. The molecule has 2 aliphatic carbocycles. The van der Waals surface area contributed by atoms with Crippen molar-refractivity contribution in [3.05, 3.63) is 311 Å². The summed E-state index contributed by atoms with van der Waals surface area (Å²) in [6.07, 6.45) is 0. The molecule has 0 fully saturated rings. The number of aryl methyl sites for hydroxylation is 4. The number of hydrogen-bond acceptors (Lipinski definition) is 0. The first-order valence-corrected chi connectivity index (χ1v) is 27.0. The van der Waals surface area contributed by atoms with Crippen molar-refractivity contribution in [2.24, 2.45) is 0 Å². The van der Waals surface area contributed by atoms with Gasteiger partial charge < -0.3 is 0 Å². The third kappa shape index (κ3) is 7.99. The Morgan fingerprint density at radius 1 is 0.169 bits per heavy atom. The van der Waals surface area contributed by atoms with Crippen LogP contribution in [0.1, 0.15) is 44.5 Å². The second-order valence-electron chi connectivity index (χ2n) is 21.6. The van der Waals surface area contributed by atoms with Gasteiger partial charge in [0.1, 0.15) is 0 Å². The smallest absolute Gasteiger partial charge is 0.0614 e. The average molecular weight is 981 g/mol. The van der Waals surface area contributed by atoms with Crippen LogP contribution < -0.4 is 0 Å². The molecular weight excluding hydrogens is 925 g/mol. The Morgan fingerprint density at radius 2 is 0.338 bits per heavy atom. The van der Waals surface area contributed by atoms with Crippen LogP contribution in [0.2, 0.25) is 0 Å². The summed E-state index contributed by atoms with van der Waals surface area (Å²) in [5.41, 5.74) is 34.3. The summed E-state index contributed by atoms with van der Waals surface area (Å²) in [7, 11) is 0. The first-order chi connectivity index (χ1) is 37.7. The van der Waals surface area contributed by atoms with E-state index < -0.39 is 5.41 Å². The van der Waals surface area contributed by atoms with E-state index in [9.17, 15) is 0 Å². The lowest BCUT2D eigenvalue weighted by atomic mass is 9.69. The lowest BCUT2D eigenvalue weighted by Crippen LogP contribution is -2.26. The molecule has 0 saturated heterocycles. The molecule has 0 aromatic heterocycles. The van der Waals surface area contributed by atoms with Crippen molar-refractivity contribution < 1.29 is 0 Å². The quantitative estimate of drug-likeness (QED) is 0.142. The van der Waals surface area contributed by atoms with Crippen LogP contribution >= 0.6 is 0 Å². The van der Waals surface area contributed by atoms with Crippen LogP contribution in [0.3, 0.4) is 0 Å². The fraction of sp³-hybridized carbons (Fsp3) is 0.0649. The second kappa shape index (κ2) is 18.5. The molecule has 2 aliphatic rings. The van der Waals surface area contributed by atoms with E-state index in [1.54, 1.807) is 0 Å². The highest BCUT2D eigenvalue weighted by Crippen LogP contribution is 2.64. The van der Waals surface area contributed by atoms with Gasteiger partial charge in [-0.25, -0.2) is 0 Å². The van der Waals surface area contributed by atoms with E-state index in [0.29, 0.717) is 0 Å². The predicted octanol–water partition coefficient (Wildman–Crippen LogP) is 20.6. The third-order valence-corrected chi connectivity index (χ3v) is 16.6. The predicted molar refractivity (Wildman–Crippen MR) is 325 cm³/mol. The van der Waals surface area contributed by atoms with E-state index in [2.05, 4.69) is 295 Å². The molecule has 12 aromatic carbocycles. The van der Waals surface area contributed by atoms with Crippen molar-refractivity contribution in [1.29, 1.82) is 0 Å². The van der Waals surface area contributed by atoms with Crippen LogP contribution in [-0.4, -0.2) is 0 Å². The largest absolute Gasteiger partial charge is 0.0726 e. The van der Waals surface area contributed by atoms with E-state index in [4.69, 9.17) is 0 Å². The molecule has 0 aliphatic heterocycles. The monoisotopic (exact) mass is 980 g/mol. The summed E-state index contributed by atoms with van der Waals surface area (Å²) in [4.78, 5) is 0. The van der Waals surface area contributed by atoms with E-state index in [-0.39, 0.29) is 0 Å². The number of fused-ring (bicyclic) bond motifs is 10. The molecule has 0 amide bonds. The van der Waals surface area contributed by atoms with Crippen LogP contribution in [0.25, 0.3) is 111 Å². The van der Waals surface area contributed by atoms with Gasteiger partial charge in [-0.15, -0.1) is 0 Å². The molecule has 0 heteroatoms. The summed E-state index contributed by atoms with van der Waals surface area (Å²) >= 11 is 0. The van der Waals surface area contributed by atoms with E-state index >= 15 is 0 Å². The Labute approximate surface area is 453 Å². The molecule has 0 saturated carbocycles. The van der Waals surface area contributed by atoms with Crippen LogP contribution in [-0.2, 0) is 5.41 Å². The van der Waals surface area contributed by atoms with Crippen LogP contribution in [0, 0.1) is 27.7 Å². The van der Waals surface area contributed by atoms with Crippen molar-refractivity contribution in [3.63, 3.8) is 0 Å². The van der Waals surface area contributed by atoms with Crippen LogP contribution in [0.15, 0.2) is 267 Å². The van der Waals surface area contributed by atoms with Gasteiger partial charge in [0.2, 0.25) is 0 Å². The molecular formula is C77H56. The Morgan fingerprint density at radius 3 is 0.519 bits per heavy atom. The second-order valence-corrected chi connectivity index (χ2v) is 21.6. The summed E-state index contributed by atoms with van der Waals surface area (Å²) in [5, 5.41) is 0. The summed E-state index contributed by atoms with van der Waals surface area (Å²) in [5.74, 6) is 0. The van der Waals surface area contributed by atoms with Gasteiger partial charge in [-0.3, -0.25) is 0 Å². The fourth-order valence-electron chi connectivity index (χ4n) is 12.7.